The molecule has 1 aromatic heterocycles. The second-order valence-corrected chi connectivity index (χ2v) is 9.31. The number of piperidine rings is 1. The Hall–Kier alpha value is -1.70. The van der Waals surface area contributed by atoms with Gasteiger partial charge in [-0.2, -0.15) is 0 Å². The van der Waals surface area contributed by atoms with Gasteiger partial charge in [0.05, 0.1) is 11.5 Å². The second-order valence-electron chi connectivity index (χ2n) is 7.08. The fourth-order valence-electron chi connectivity index (χ4n) is 3.73. The minimum Gasteiger partial charge on any atom is -0.337 e. The zero-order valence-corrected chi connectivity index (χ0v) is 15.7. The first kappa shape index (κ1) is 18.1. The molecular weight excluding hydrogens is 340 g/mol. The van der Waals surface area contributed by atoms with E-state index in [4.69, 9.17) is 0 Å². The van der Waals surface area contributed by atoms with Crippen LogP contribution in [-0.2, 0) is 9.84 Å². The van der Waals surface area contributed by atoms with Gasteiger partial charge in [-0.3, -0.25) is 4.79 Å². The van der Waals surface area contributed by atoms with Crippen LogP contribution in [-0.4, -0.2) is 66.4 Å². The van der Waals surface area contributed by atoms with Crippen LogP contribution in [0.15, 0.2) is 12.3 Å². The standard InChI is InChI=1S/C17H26N4O3S/c1-3-21(14-7-10-25(23,24)12-14)17-18-8-6-15(19-17)16(22)20-9-4-5-13(2)11-20/h6,8,13-14H,3-5,7,9-12H2,1-2H3. The molecule has 3 rings (SSSR count). The molecule has 2 saturated heterocycles. The minimum atomic E-state index is -2.98. The Morgan fingerprint density at radius 2 is 2.20 bits per heavy atom. The summed E-state index contributed by atoms with van der Waals surface area (Å²) >= 11 is 0. The molecule has 7 nitrogen and oxygen atoms in total. The molecule has 0 aromatic carbocycles. The normalized spacial score (nSPS) is 25.8. The minimum absolute atomic E-state index is 0.0645. The van der Waals surface area contributed by atoms with Gasteiger partial charge in [0.1, 0.15) is 5.69 Å². The molecule has 2 atom stereocenters. The number of amides is 1. The van der Waals surface area contributed by atoms with Crippen LogP contribution in [0.25, 0.3) is 0 Å². The molecule has 0 bridgehead atoms. The van der Waals surface area contributed by atoms with Gasteiger partial charge in [-0.15, -0.1) is 0 Å². The van der Waals surface area contributed by atoms with Crippen LogP contribution in [0.2, 0.25) is 0 Å². The predicted molar refractivity (Wildman–Crippen MR) is 96.4 cm³/mol. The van der Waals surface area contributed by atoms with E-state index in [1.807, 2.05) is 16.7 Å². The van der Waals surface area contributed by atoms with Crippen molar-refractivity contribution in [1.82, 2.24) is 14.9 Å². The number of hydrogen-bond acceptors (Lipinski definition) is 6. The Balaban J connectivity index is 1.79. The fourth-order valence-corrected chi connectivity index (χ4v) is 5.46. The molecule has 0 radical (unpaired) electrons. The van der Waals surface area contributed by atoms with Crippen molar-refractivity contribution in [2.45, 2.75) is 39.2 Å². The van der Waals surface area contributed by atoms with Crippen LogP contribution in [0.4, 0.5) is 5.95 Å². The van der Waals surface area contributed by atoms with Crippen molar-refractivity contribution in [2.75, 3.05) is 36.0 Å². The van der Waals surface area contributed by atoms with Gasteiger partial charge in [0.2, 0.25) is 5.95 Å². The molecule has 0 spiro atoms. The van der Waals surface area contributed by atoms with Crippen molar-refractivity contribution in [3.05, 3.63) is 18.0 Å². The van der Waals surface area contributed by atoms with E-state index in [-0.39, 0.29) is 23.5 Å². The van der Waals surface area contributed by atoms with E-state index < -0.39 is 9.84 Å². The Bertz CT molecular complexity index is 737. The highest BCUT2D eigenvalue weighted by molar-refractivity contribution is 7.91. The first-order valence-electron chi connectivity index (χ1n) is 8.99. The highest BCUT2D eigenvalue weighted by Gasteiger charge is 2.33. The summed E-state index contributed by atoms with van der Waals surface area (Å²) in [6.45, 7) is 6.25. The number of aromatic nitrogens is 2. The van der Waals surface area contributed by atoms with Crippen molar-refractivity contribution < 1.29 is 13.2 Å². The number of anilines is 1. The van der Waals surface area contributed by atoms with Gasteiger partial charge < -0.3 is 9.80 Å². The van der Waals surface area contributed by atoms with Crippen molar-refractivity contribution >= 4 is 21.7 Å². The largest absolute Gasteiger partial charge is 0.337 e. The summed E-state index contributed by atoms with van der Waals surface area (Å²) in [6.07, 6.45) is 4.35. The first-order chi connectivity index (χ1) is 11.9. The molecule has 2 fully saturated rings. The summed E-state index contributed by atoms with van der Waals surface area (Å²) in [5.41, 5.74) is 0.387. The lowest BCUT2D eigenvalue weighted by molar-refractivity contribution is 0.0677. The maximum atomic E-state index is 12.8. The van der Waals surface area contributed by atoms with Crippen molar-refractivity contribution in [2.24, 2.45) is 5.92 Å². The second kappa shape index (κ2) is 7.27. The molecule has 2 aliphatic rings. The highest BCUT2D eigenvalue weighted by Crippen LogP contribution is 2.22. The predicted octanol–water partition coefficient (Wildman–Crippen LogP) is 1.36. The van der Waals surface area contributed by atoms with Crippen LogP contribution in [0.5, 0.6) is 0 Å². The maximum absolute atomic E-state index is 12.8. The summed E-state index contributed by atoms with van der Waals surface area (Å²) in [5, 5.41) is 0. The summed E-state index contributed by atoms with van der Waals surface area (Å²) in [4.78, 5) is 25.3. The van der Waals surface area contributed by atoms with E-state index in [0.717, 1.165) is 25.9 Å². The summed E-state index contributed by atoms with van der Waals surface area (Å²) < 4.78 is 23.6. The van der Waals surface area contributed by atoms with E-state index in [0.29, 0.717) is 30.5 Å². The Morgan fingerprint density at radius 1 is 1.40 bits per heavy atom. The lowest BCUT2D eigenvalue weighted by Crippen LogP contribution is -2.40. The molecule has 2 aliphatic heterocycles. The van der Waals surface area contributed by atoms with Gasteiger partial charge in [0, 0.05) is 31.9 Å². The Kier molecular flexibility index (Phi) is 5.27. The molecular formula is C17H26N4O3S. The number of carbonyl (C=O) groups excluding carboxylic acids is 1. The first-order valence-corrected chi connectivity index (χ1v) is 10.8. The third kappa shape index (κ3) is 4.11. The molecule has 25 heavy (non-hydrogen) atoms. The quantitative estimate of drug-likeness (QED) is 0.800. The zero-order chi connectivity index (χ0) is 18.0. The van der Waals surface area contributed by atoms with Gasteiger partial charge >= 0.3 is 0 Å². The molecule has 0 N–H and O–H groups in total. The Morgan fingerprint density at radius 3 is 2.84 bits per heavy atom. The van der Waals surface area contributed by atoms with Crippen molar-refractivity contribution in [1.29, 1.82) is 0 Å². The lowest BCUT2D eigenvalue weighted by atomic mass is 10.00. The number of likely N-dealkylation sites (tertiary alicyclic amines) is 1. The maximum Gasteiger partial charge on any atom is 0.272 e. The monoisotopic (exact) mass is 366 g/mol. The van der Waals surface area contributed by atoms with Crippen LogP contribution in [0.3, 0.4) is 0 Å². The molecule has 138 valence electrons. The molecule has 0 saturated carbocycles. The smallest absolute Gasteiger partial charge is 0.272 e. The third-order valence-electron chi connectivity index (χ3n) is 5.05. The summed E-state index contributed by atoms with van der Waals surface area (Å²) in [5.74, 6) is 1.23. The molecule has 1 amide bonds. The number of hydrogen-bond donors (Lipinski definition) is 0. The molecule has 1 aromatic rings. The SMILES string of the molecule is CCN(c1nccc(C(=O)N2CCCC(C)C2)n1)C1CCS(=O)(=O)C1. The average Bonchev–Trinajstić information content (AvgIpc) is 2.95. The Labute approximate surface area is 149 Å². The van der Waals surface area contributed by atoms with E-state index >= 15 is 0 Å². The van der Waals surface area contributed by atoms with E-state index in [2.05, 4.69) is 16.9 Å². The number of carbonyl (C=O) groups is 1. The topological polar surface area (TPSA) is 83.5 Å². The van der Waals surface area contributed by atoms with Crippen molar-refractivity contribution in [3.63, 3.8) is 0 Å². The molecule has 2 unspecified atom stereocenters. The van der Waals surface area contributed by atoms with Crippen LogP contribution < -0.4 is 4.90 Å². The van der Waals surface area contributed by atoms with E-state index in [1.54, 1.807) is 12.3 Å². The molecule has 8 heteroatoms. The lowest BCUT2D eigenvalue weighted by Gasteiger charge is -2.31. The zero-order valence-electron chi connectivity index (χ0n) is 14.9. The average molecular weight is 366 g/mol. The van der Waals surface area contributed by atoms with Crippen LogP contribution in [0, 0.1) is 5.92 Å². The van der Waals surface area contributed by atoms with Crippen LogP contribution >= 0.6 is 0 Å². The number of sulfone groups is 1. The van der Waals surface area contributed by atoms with Gasteiger partial charge in [0.25, 0.3) is 5.91 Å². The summed E-state index contributed by atoms with van der Waals surface area (Å²) in [7, 11) is -2.98. The fraction of sp³-hybridized carbons (Fsp3) is 0.706. The van der Waals surface area contributed by atoms with E-state index in [1.165, 1.54) is 0 Å². The molecule has 0 aliphatic carbocycles. The van der Waals surface area contributed by atoms with Gasteiger partial charge in [-0.25, -0.2) is 18.4 Å². The molecule has 3 heterocycles. The number of nitrogens with zero attached hydrogens (tertiary/aromatic N) is 4. The van der Waals surface area contributed by atoms with Crippen LogP contribution in [0.1, 0.15) is 43.6 Å². The summed E-state index contributed by atoms with van der Waals surface area (Å²) in [6, 6.07) is 1.53. The number of rotatable bonds is 4. The highest BCUT2D eigenvalue weighted by atomic mass is 32.2. The van der Waals surface area contributed by atoms with Gasteiger partial charge in [0.15, 0.2) is 9.84 Å². The van der Waals surface area contributed by atoms with E-state index in [9.17, 15) is 13.2 Å². The third-order valence-corrected chi connectivity index (χ3v) is 6.80. The van der Waals surface area contributed by atoms with Gasteiger partial charge in [-0.1, -0.05) is 6.92 Å². The van der Waals surface area contributed by atoms with Crippen molar-refractivity contribution in [3.8, 4) is 0 Å². The van der Waals surface area contributed by atoms with Gasteiger partial charge in [-0.05, 0) is 38.2 Å².